The Kier molecular flexibility index (Phi) is 4.69. The first-order valence-corrected chi connectivity index (χ1v) is 7.38. The molecule has 0 radical (unpaired) electrons. The minimum absolute atomic E-state index is 0.204. The molecule has 1 aliphatic carbocycles. The van der Waals surface area contributed by atoms with Gasteiger partial charge in [-0.1, -0.05) is 26.2 Å². The average molecular weight is 238 g/mol. The Morgan fingerprint density at radius 3 is 2.59 bits per heavy atom. The predicted octanol–water partition coefficient (Wildman–Crippen LogP) is 3.29. The topological polar surface area (TPSA) is 32.3 Å². The van der Waals surface area contributed by atoms with E-state index in [4.69, 9.17) is 0 Å². The Hall–Kier alpha value is -0.730. The van der Waals surface area contributed by atoms with Crippen LogP contribution in [0.2, 0.25) is 0 Å². The summed E-state index contributed by atoms with van der Waals surface area (Å²) in [7, 11) is 0. The highest BCUT2D eigenvalue weighted by Crippen LogP contribution is 2.22. The fourth-order valence-corrected chi connectivity index (χ4v) is 3.23. The molecule has 1 saturated heterocycles. The highest BCUT2D eigenvalue weighted by Gasteiger charge is 2.27. The van der Waals surface area contributed by atoms with Crippen LogP contribution in [0.5, 0.6) is 0 Å². The molecule has 0 aromatic carbocycles. The van der Waals surface area contributed by atoms with E-state index in [1.165, 1.54) is 51.4 Å². The van der Waals surface area contributed by atoms with Gasteiger partial charge in [-0.3, -0.25) is 0 Å². The largest absolute Gasteiger partial charge is 0.335 e. The maximum Gasteiger partial charge on any atom is 0.317 e. The van der Waals surface area contributed by atoms with E-state index < -0.39 is 0 Å². The lowest BCUT2D eigenvalue weighted by molar-refractivity contribution is 0.143. The molecule has 0 aromatic rings. The second-order valence-corrected chi connectivity index (χ2v) is 5.56. The first-order chi connectivity index (χ1) is 8.31. The smallest absolute Gasteiger partial charge is 0.317 e. The van der Waals surface area contributed by atoms with Gasteiger partial charge in [-0.25, -0.2) is 4.79 Å². The number of piperidine rings is 1. The molecule has 2 amide bonds. The van der Waals surface area contributed by atoms with Crippen molar-refractivity contribution in [3.05, 3.63) is 0 Å². The molecular weight excluding hydrogens is 212 g/mol. The van der Waals surface area contributed by atoms with Crippen LogP contribution in [-0.2, 0) is 0 Å². The summed E-state index contributed by atoms with van der Waals surface area (Å²) in [4.78, 5) is 14.4. The number of nitrogens with one attached hydrogen (secondary N) is 1. The molecule has 2 rings (SSSR count). The molecule has 0 spiro atoms. The zero-order valence-electron chi connectivity index (χ0n) is 11.1. The summed E-state index contributed by atoms with van der Waals surface area (Å²) in [6.45, 7) is 3.17. The SMILES string of the molecule is CCCC1CCCCN1C(=O)NC1CCCC1. The van der Waals surface area contributed by atoms with Gasteiger partial charge in [-0.05, 0) is 38.5 Å². The molecule has 2 aliphatic rings. The van der Waals surface area contributed by atoms with Gasteiger partial charge in [0.1, 0.15) is 0 Å². The first kappa shape index (κ1) is 12.7. The van der Waals surface area contributed by atoms with Crippen molar-refractivity contribution in [1.29, 1.82) is 0 Å². The van der Waals surface area contributed by atoms with Crippen LogP contribution in [0.1, 0.15) is 64.7 Å². The number of carbonyl (C=O) groups excluding carboxylic acids is 1. The van der Waals surface area contributed by atoms with Crippen molar-refractivity contribution in [2.45, 2.75) is 76.8 Å². The molecule has 17 heavy (non-hydrogen) atoms. The van der Waals surface area contributed by atoms with Crippen LogP contribution in [0.3, 0.4) is 0 Å². The Balaban J connectivity index is 1.86. The van der Waals surface area contributed by atoms with E-state index in [2.05, 4.69) is 17.1 Å². The van der Waals surface area contributed by atoms with E-state index in [9.17, 15) is 4.79 Å². The summed E-state index contributed by atoms with van der Waals surface area (Å²) in [6.07, 6.45) is 10.9. The zero-order chi connectivity index (χ0) is 12.1. The minimum Gasteiger partial charge on any atom is -0.335 e. The second-order valence-electron chi connectivity index (χ2n) is 5.56. The van der Waals surface area contributed by atoms with E-state index in [-0.39, 0.29) is 6.03 Å². The Morgan fingerprint density at radius 1 is 1.18 bits per heavy atom. The normalized spacial score (nSPS) is 26.2. The lowest BCUT2D eigenvalue weighted by Gasteiger charge is -2.36. The van der Waals surface area contributed by atoms with Crippen LogP contribution in [-0.4, -0.2) is 29.6 Å². The van der Waals surface area contributed by atoms with Gasteiger partial charge in [0.05, 0.1) is 0 Å². The van der Waals surface area contributed by atoms with Gasteiger partial charge in [0.2, 0.25) is 0 Å². The van der Waals surface area contributed by atoms with E-state index in [1.54, 1.807) is 0 Å². The number of nitrogens with zero attached hydrogens (tertiary/aromatic N) is 1. The van der Waals surface area contributed by atoms with Crippen LogP contribution in [0.4, 0.5) is 4.79 Å². The third-order valence-electron chi connectivity index (χ3n) is 4.19. The van der Waals surface area contributed by atoms with E-state index >= 15 is 0 Å². The molecule has 0 bridgehead atoms. The molecule has 3 nitrogen and oxygen atoms in total. The molecule has 1 heterocycles. The molecule has 98 valence electrons. The number of likely N-dealkylation sites (tertiary alicyclic amines) is 1. The van der Waals surface area contributed by atoms with Gasteiger partial charge in [-0.15, -0.1) is 0 Å². The van der Waals surface area contributed by atoms with Gasteiger partial charge >= 0.3 is 6.03 Å². The summed E-state index contributed by atoms with van der Waals surface area (Å²) in [5, 5.41) is 3.22. The lowest BCUT2D eigenvalue weighted by Crippen LogP contribution is -2.50. The Labute approximate surface area is 105 Å². The fourth-order valence-electron chi connectivity index (χ4n) is 3.23. The molecule has 1 unspecified atom stereocenters. The minimum atomic E-state index is 0.204. The van der Waals surface area contributed by atoms with Crippen molar-refractivity contribution in [3.63, 3.8) is 0 Å². The van der Waals surface area contributed by atoms with E-state index in [1.807, 2.05) is 0 Å². The molecule has 1 N–H and O–H groups in total. The lowest BCUT2D eigenvalue weighted by atomic mass is 9.99. The summed E-state index contributed by atoms with van der Waals surface area (Å²) in [6, 6.07) is 1.15. The number of amides is 2. The molecule has 2 fully saturated rings. The van der Waals surface area contributed by atoms with Gasteiger partial charge in [0, 0.05) is 18.6 Å². The van der Waals surface area contributed by atoms with Gasteiger partial charge in [0.15, 0.2) is 0 Å². The van der Waals surface area contributed by atoms with Gasteiger partial charge < -0.3 is 10.2 Å². The van der Waals surface area contributed by atoms with Crippen molar-refractivity contribution < 1.29 is 4.79 Å². The Bertz CT molecular complexity index is 247. The number of hydrogen-bond donors (Lipinski definition) is 1. The van der Waals surface area contributed by atoms with Crippen LogP contribution in [0.15, 0.2) is 0 Å². The summed E-state index contributed by atoms with van der Waals surface area (Å²) < 4.78 is 0. The highest BCUT2D eigenvalue weighted by molar-refractivity contribution is 5.75. The van der Waals surface area contributed by atoms with Crippen molar-refractivity contribution in [1.82, 2.24) is 10.2 Å². The Morgan fingerprint density at radius 2 is 1.88 bits per heavy atom. The number of rotatable bonds is 3. The van der Waals surface area contributed by atoms with Crippen molar-refractivity contribution in [2.24, 2.45) is 0 Å². The summed E-state index contributed by atoms with van der Waals surface area (Å²) >= 11 is 0. The van der Waals surface area contributed by atoms with Crippen molar-refractivity contribution in [3.8, 4) is 0 Å². The third-order valence-corrected chi connectivity index (χ3v) is 4.19. The molecule has 3 heteroatoms. The molecule has 1 atom stereocenters. The standard InChI is InChI=1S/C14H26N2O/c1-2-7-13-10-5-6-11-16(13)14(17)15-12-8-3-4-9-12/h12-13H,2-11H2,1H3,(H,15,17). The number of urea groups is 1. The molecule has 0 aromatic heterocycles. The van der Waals surface area contributed by atoms with Crippen LogP contribution in [0, 0.1) is 0 Å². The van der Waals surface area contributed by atoms with Crippen LogP contribution >= 0.6 is 0 Å². The van der Waals surface area contributed by atoms with Crippen molar-refractivity contribution in [2.75, 3.05) is 6.54 Å². The number of carbonyl (C=O) groups is 1. The zero-order valence-corrected chi connectivity index (χ0v) is 11.1. The maximum absolute atomic E-state index is 12.3. The van der Waals surface area contributed by atoms with Gasteiger partial charge in [0.25, 0.3) is 0 Å². The summed E-state index contributed by atoms with van der Waals surface area (Å²) in [5.74, 6) is 0. The third kappa shape index (κ3) is 3.36. The first-order valence-electron chi connectivity index (χ1n) is 7.38. The molecule has 1 aliphatic heterocycles. The number of hydrogen-bond acceptors (Lipinski definition) is 1. The van der Waals surface area contributed by atoms with Crippen LogP contribution < -0.4 is 5.32 Å². The molecular formula is C14H26N2O. The molecule has 1 saturated carbocycles. The van der Waals surface area contributed by atoms with E-state index in [0.717, 1.165) is 13.0 Å². The van der Waals surface area contributed by atoms with Crippen molar-refractivity contribution >= 4 is 6.03 Å². The maximum atomic E-state index is 12.3. The monoisotopic (exact) mass is 238 g/mol. The fraction of sp³-hybridized carbons (Fsp3) is 0.929. The predicted molar refractivity (Wildman–Crippen MR) is 70.0 cm³/mol. The second kappa shape index (κ2) is 6.27. The van der Waals surface area contributed by atoms with E-state index in [0.29, 0.717) is 12.1 Å². The van der Waals surface area contributed by atoms with Gasteiger partial charge in [-0.2, -0.15) is 0 Å². The average Bonchev–Trinajstić information content (AvgIpc) is 2.83. The summed E-state index contributed by atoms with van der Waals surface area (Å²) in [5.41, 5.74) is 0. The van der Waals surface area contributed by atoms with Crippen LogP contribution in [0.25, 0.3) is 0 Å². The quantitative estimate of drug-likeness (QED) is 0.804. The highest BCUT2D eigenvalue weighted by atomic mass is 16.2.